The summed E-state index contributed by atoms with van der Waals surface area (Å²) in [5.41, 5.74) is 8.70. The molecular weight excluding hydrogens is 426 g/mol. The number of aliphatic imine (C=N–C) groups is 1. The number of nitrogens with zero attached hydrogens (tertiary/aromatic N) is 3. The van der Waals surface area contributed by atoms with Gasteiger partial charge >= 0.3 is 0 Å². The molecular formula is C28H29N3O3. The summed E-state index contributed by atoms with van der Waals surface area (Å²) >= 11 is 0. The Morgan fingerprint density at radius 3 is 2.62 bits per heavy atom. The minimum absolute atomic E-state index is 0.0110. The Kier molecular flexibility index (Phi) is 5.74. The van der Waals surface area contributed by atoms with Crippen molar-refractivity contribution < 1.29 is 13.9 Å². The molecule has 1 aliphatic rings. The summed E-state index contributed by atoms with van der Waals surface area (Å²) in [4.78, 5) is 20.0. The Bertz CT molecular complexity index is 1410. The van der Waals surface area contributed by atoms with Crippen molar-refractivity contribution in [3.8, 4) is 16.9 Å². The van der Waals surface area contributed by atoms with Crippen molar-refractivity contribution in [1.29, 1.82) is 0 Å². The summed E-state index contributed by atoms with van der Waals surface area (Å²) in [5, 5.41) is 0. The molecule has 34 heavy (non-hydrogen) atoms. The second-order valence-electron chi connectivity index (χ2n) is 8.90. The fraction of sp³-hybridized carbons (Fsp3) is 0.286. The summed E-state index contributed by atoms with van der Waals surface area (Å²) in [6.45, 7) is 10.3. The van der Waals surface area contributed by atoms with Crippen molar-refractivity contribution in [3.05, 3.63) is 71.6 Å². The van der Waals surface area contributed by atoms with Crippen LogP contribution in [0.5, 0.6) is 5.75 Å². The average molecular weight is 456 g/mol. The van der Waals surface area contributed by atoms with Crippen LogP contribution in [0.2, 0.25) is 0 Å². The highest BCUT2D eigenvalue weighted by molar-refractivity contribution is 5.97. The van der Waals surface area contributed by atoms with Gasteiger partial charge < -0.3 is 18.6 Å². The summed E-state index contributed by atoms with van der Waals surface area (Å²) in [5.74, 6) is 0.821. The zero-order chi connectivity index (χ0) is 23.8. The van der Waals surface area contributed by atoms with Gasteiger partial charge in [0.05, 0.1) is 24.0 Å². The maximum absolute atomic E-state index is 13.5. The quantitative estimate of drug-likeness (QED) is 0.336. The van der Waals surface area contributed by atoms with Gasteiger partial charge in [0.2, 0.25) is 0 Å². The molecule has 0 radical (unpaired) electrons. The highest BCUT2D eigenvalue weighted by Gasteiger charge is 2.25. The highest BCUT2D eigenvalue weighted by Crippen LogP contribution is 2.32. The SMILES string of the molecule is CCn1c(C(=O)N2CCOc3ccc(-c4ccc(N=C(C)C)c(C)c4)cc3C2)cc2occc21. The second-order valence-corrected chi connectivity index (χ2v) is 8.90. The van der Waals surface area contributed by atoms with Crippen LogP contribution in [0.3, 0.4) is 0 Å². The summed E-state index contributed by atoms with van der Waals surface area (Å²) in [6.07, 6.45) is 1.66. The molecule has 0 N–H and O–H groups in total. The molecule has 1 amide bonds. The zero-order valence-corrected chi connectivity index (χ0v) is 20.1. The second kappa shape index (κ2) is 8.86. The first kappa shape index (κ1) is 22.0. The molecule has 3 heterocycles. The van der Waals surface area contributed by atoms with Crippen molar-refractivity contribution in [1.82, 2.24) is 9.47 Å². The Morgan fingerprint density at radius 2 is 1.85 bits per heavy atom. The van der Waals surface area contributed by atoms with Gasteiger partial charge in [-0.15, -0.1) is 0 Å². The number of aromatic nitrogens is 1. The first-order valence-corrected chi connectivity index (χ1v) is 11.7. The molecule has 1 aliphatic heterocycles. The number of rotatable bonds is 4. The van der Waals surface area contributed by atoms with E-state index in [4.69, 9.17) is 9.15 Å². The Morgan fingerprint density at radius 1 is 1.06 bits per heavy atom. The minimum atomic E-state index is -0.0110. The van der Waals surface area contributed by atoms with Gasteiger partial charge in [0.1, 0.15) is 18.1 Å². The van der Waals surface area contributed by atoms with Crippen LogP contribution in [0.15, 0.2) is 64.2 Å². The first-order chi connectivity index (χ1) is 16.4. The molecule has 0 fully saturated rings. The van der Waals surface area contributed by atoms with E-state index in [2.05, 4.69) is 42.2 Å². The van der Waals surface area contributed by atoms with Gasteiger partial charge in [0, 0.05) is 36.5 Å². The van der Waals surface area contributed by atoms with Crippen LogP contribution in [-0.2, 0) is 13.1 Å². The number of furan rings is 1. The van der Waals surface area contributed by atoms with E-state index in [1.807, 2.05) is 48.4 Å². The molecule has 2 aromatic carbocycles. The normalized spacial score (nSPS) is 13.4. The molecule has 6 heteroatoms. The smallest absolute Gasteiger partial charge is 0.271 e. The largest absolute Gasteiger partial charge is 0.491 e. The fourth-order valence-electron chi connectivity index (χ4n) is 4.61. The number of amides is 1. The fourth-order valence-corrected chi connectivity index (χ4v) is 4.61. The van der Waals surface area contributed by atoms with E-state index in [0.717, 1.165) is 50.5 Å². The van der Waals surface area contributed by atoms with Gasteiger partial charge in [-0.1, -0.05) is 12.1 Å². The van der Waals surface area contributed by atoms with Crippen molar-refractivity contribution in [3.63, 3.8) is 0 Å². The van der Waals surface area contributed by atoms with E-state index in [1.54, 1.807) is 6.26 Å². The van der Waals surface area contributed by atoms with Crippen LogP contribution in [-0.4, -0.2) is 34.2 Å². The number of fused-ring (bicyclic) bond motifs is 2. The van der Waals surface area contributed by atoms with E-state index in [9.17, 15) is 4.79 Å². The van der Waals surface area contributed by atoms with Crippen molar-refractivity contribution in [2.75, 3.05) is 13.2 Å². The maximum atomic E-state index is 13.5. The predicted molar refractivity (Wildman–Crippen MR) is 135 cm³/mol. The first-order valence-electron chi connectivity index (χ1n) is 11.7. The topological polar surface area (TPSA) is 60.0 Å². The molecule has 6 nitrogen and oxygen atoms in total. The minimum Gasteiger partial charge on any atom is -0.491 e. The van der Waals surface area contributed by atoms with Gasteiger partial charge in [-0.3, -0.25) is 9.79 Å². The van der Waals surface area contributed by atoms with E-state index >= 15 is 0 Å². The zero-order valence-electron chi connectivity index (χ0n) is 20.1. The number of hydrogen-bond acceptors (Lipinski definition) is 4. The van der Waals surface area contributed by atoms with Crippen molar-refractivity contribution in [2.24, 2.45) is 4.99 Å². The number of hydrogen-bond donors (Lipinski definition) is 0. The molecule has 0 saturated heterocycles. The summed E-state index contributed by atoms with van der Waals surface area (Å²) < 4.78 is 13.6. The number of carbonyl (C=O) groups is 1. The standard InChI is InChI=1S/C28H29N3O3/c1-5-31-24-10-12-33-27(24)16-25(31)28(32)30-11-13-34-26-9-7-21(15-22(26)17-30)20-6-8-23(19(4)14-20)29-18(2)3/h6-10,12,14-16H,5,11,13,17H2,1-4H3. The van der Waals surface area contributed by atoms with Gasteiger partial charge in [0.15, 0.2) is 5.58 Å². The Hall–Kier alpha value is -3.80. The third-order valence-corrected chi connectivity index (χ3v) is 6.26. The molecule has 174 valence electrons. The number of ether oxygens (including phenoxy) is 1. The van der Waals surface area contributed by atoms with Gasteiger partial charge in [-0.2, -0.15) is 0 Å². The van der Waals surface area contributed by atoms with E-state index < -0.39 is 0 Å². The highest BCUT2D eigenvalue weighted by atomic mass is 16.5. The van der Waals surface area contributed by atoms with Crippen molar-refractivity contribution >= 4 is 28.4 Å². The number of benzene rings is 2. The molecule has 2 aromatic heterocycles. The maximum Gasteiger partial charge on any atom is 0.271 e. The average Bonchev–Trinajstić information content (AvgIpc) is 3.33. The van der Waals surface area contributed by atoms with Gasteiger partial charge in [0.25, 0.3) is 5.91 Å². The number of carbonyl (C=O) groups excluding carboxylic acids is 1. The van der Waals surface area contributed by atoms with Crippen LogP contribution in [0.1, 0.15) is 42.4 Å². The Labute approximate surface area is 199 Å². The van der Waals surface area contributed by atoms with Crippen LogP contribution in [0.25, 0.3) is 22.2 Å². The molecule has 0 spiro atoms. The lowest BCUT2D eigenvalue weighted by molar-refractivity contribution is 0.0723. The van der Waals surface area contributed by atoms with E-state index in [0.29, 0.717) is 31.9 Å². The molecule has 0 atom stereocenters. The van der Waals surface area contributed by atoms with Crippen LogP contribution in [0, 0.1) is 6.92 Å². The van der Waals surface area contributed by atoms with E-state index in [-0.39, 0.29) is 5.91 Å². The monoisotopic (exact) mass is 455 g/mol. The Balaban J connectivity index is 1.45. The van der Waals surface area contributed by atoms with Gasteiger partial charge in [-0.05, 0) is 68.7 Å². The molecule has 0 unspecified atom stereocenters. The van der Waals surface area contributed by atoms with E-state index in [1.165, 1.54) is 0 Å². The summed E-state index contributed by atoms with van der Waals surface area (Å²) in [6, 6.07) is 16.3. The summed E-state index contributed by atoms with van der Waals surface area (Å²) in [7, 11) is 0. The third kappa shape index (κ3) is 4.00. The van der Waals surface area contributed by atoms with Gasteiger partial charge in [-0.25, -0.2) is 0 Å². The molecule has 4 aromatic rings. The molecule has 0 bridgehead atoms. The third-order valence-electron chi connectivity index (χ3n) is 6.26. The molecule has 5 rings (SSSR count). The van der Waals surface area contributed by atoms with Crippen molar-refractivity contribution in [2.45, 2.75) is 40.8 Å². The lowest BCUT2D eigenvalue weighted by atomic mass is 9.99. The molecule has 0 saturated carbocycles. The predicted octanol–water partition coefficient (Wildman–Crippen LogP) is 6.38. The van der Waals surface area contributed by atoms with Crippen LogP contribution < -0.4 is 4.74 Å². The van der Waals surface area contributed by atoms with Crippen LogP contribution in [0.4, 0.5) is 5.69 Å². The lowest BCUT2D eigenvalue weighted by Crippen LogP contribution is -2.33. The molecule has 0 aliphatic carbocycles. The lowest BCUT2D eigenvalue weighted by Gasteiger charge is -2.21. The van der Waals surface area contributed by atoms with Crippen LogP contribution >= 0.6 is 0 Å². The number of aryl methyl sites for hydroxylation is 2.